The zero-order chi connectivity index (χ0) is 20.8. The summed E-state index contributed by atoms with van der Waals surface area (Å²) in [6.07, 6.45) is 0.879. The van der Waals surface area contributed by atoms with Crippen LogP contribution in [0.15, 0.2) is 17.0 Å². The van der Waals surface area contributed by atoms with Crippen molar-refractivity contribution in [1.29, 1.82) is 0 Å². The highest BCUT2D eigenvalue weighted by molar-refractivity contribution is 7.90. The molecule has 148 valence electrons. The molecule has 0 aliphatic heterocycles. The minimum atomic E-state index is -3.79. The van der Waals surface area contributed by atoms with Crippen LogP contribution in [0.4, 0.5) is 11.4 Å². The lowest BCUT2D eigenvalue weighted by Gasteiger charge is -2.13. The highest BCUT2D eigenvalue weighted by Gasteiger charge is 2.23. The van der Waals surface area contributed by atoms with Crippen molar-refractivity contribution in [2.45, 2.75) is 18.7 Å². The number of esters is 2. The van der Waals surface area contributed by atoms with Crippen molar-refractivity contribution in [2.24, 2.45) is 0 Å². The average Bonchev–Trinajstić information content (AvgIpc) is 2.57. The second kappa shape index (κ2) is 9.33. The van der Waals surface area contributed by atoms with E-state index in [0.717, 1.165) is 18.4 Å². The molecule has 12 heteroatoms. The van der Waals surface area contributed by atoms with Crippen LogP contribution in [0.25, 0.3) is 0 Å². The van der Waals surface area contributed by atoms with E-state index in [0.29, 0.717) is 0 Å². The van der Waals surface area contributed by atoms with Crippen LogP contribution in [0.3, 0.4) is 0 Å². The second-order valence-corrected chi connectivity index (χ2v) is 7.35. The Morgan fingerprint density at radius 2 is 1.30 bits per heavy atom. The summed E-state index contributed by atoms with van der Waals surface area (Å²) in [5, 5.41) is 3.89. The third-order valence-corrected chi connectivity index (χ3v) is 4.39. The van der Waals surface area contributed by atoms with Crippen LogP contribution in [0.2, 0.25) is 5.02 Å². The van der Waals surface area contributed by atoms with Crippen LogP contribution in [-0.4, -0.2) is 51.6 Å². The van der Waals surface area contributed by atoms with Gasteiger partial charge in [0.15, 0.2) is 9.84 Å². The van der Waals surface area contributed by atoms with Gasteiger partial charge in [-0.25, -0.2) is 18.0 Å². The van der Waals surface area contributed by atoms with Gasteiger partial charge in [-0.1, -0.05) is 11.6 Å². The molecule has 1 aromatic carbocycles. The maximum absolute atomic E-state index is 11.8. The van der Waals surface area contributed by atoms with Crippen molar-refractivity contribution in [3.05, 3.63) is 17.2 Å². The summed E-state index contributed by atoms with van der Waals surface area (Å²) in [6.45, 7) is 2.88. The van der Waals surface area contributed by atoms with Gasteiger partial charge in [-0.3, -0.25) is 9.59 Å². The van der Waals surface area contributed by atoms with Crippen molar-refractivity contribution < 1.29 is 37.1 Å². The van der Waals surface area contributed by atoms with E-state index < -0.39 is 33.6 Å². The Hall–Kier alpha value is -2.66. The van der Waals surface area contributed by atoms with E-state index in [1.165, 1.54) is 13.8 Å². The molecular weight excluding hydrogens is 404 g/mol. The lowest BCUT2D eigenvalue weighted by molar-refractivity contribution is -0.152. The summed E-state index contributed by atoms with van der Waals surface area (Å²) in [5.41, 5.74) is -0.561. The Balaban J connectivity index is 3.31. The highest BCUT2D eigenvalue weighted by atomic mass is 35.5. The van der Waals surface area contributed by atoms with Crippen LogP contribution in [-0.2, 0) is 38.5 Å². The summed E-state index contributed by atoms with van der Waals surface area (Å²) in [7, 11) is -3.79. The molecule has 27 heavy (non-hydrogen) atoms. The Labute approximate surface area is 160 Å². The van der Waals surface area contributed by atoms with E-state index >= 15 is 0 Å². The standard InChI is InChI=1S/C15H17ClN2O8S/c1-4-25-14(21)12(19)17-9-6-8(27(3,23)24)7-10(11(9)16)18-13(20)15(22)26-5-2/h6-7H,4-5H2,1-3H3,(H,17,19)(H,18,20). The monoisotopic (exact) mass is 420 g/mol. The predicted octanol–water partition coefficient (Wildman–Crippen LogP) is 0.747. The average molecular weight is 421 g/mol. The minimum Gasteiger partial charge on any atom is -0.459 e. The zero-order valence-electron chi connectivity index (χ0n) is 14.6. The third-order valence-electron chi connectivity index (χ3n) is 2.89. The molecule has 0 saturated heterocycles. The van der Waals surface area contributed by atoms with Crippen molar-refractivity contribution in [1.82, 2.24) is 0 Å². The van der Waals surface area contributed by atoms with Crippen molar-refractivity contribution in [3.8, 4) is 0 Å². The smallest absolute Gasteiger partial charge is 0.397 e. The number of benzene rings is 1. The van der Waals surface area contributed by atoms with Gasteiger partial charge in [0.05, 0.1) is 34.5 Å². The largest absolute Gasteiger partial charge is 0.459 e. The molecule has 1 rings (SSSR count). The Morgan fingerprint density at radius 1 is 0.926 bits per heavy atom. The van der Waals surface area contributed by atoms with Gasteiger partial charge in [0.25, 0.3) is 0 Å². The normalized spacial score (nSPS) is 10.7. The first-order valence-corrected chi connectivity index (χ1v) is 9.78. The number of halogens is 1. The fraction of sp³-hybridized carbons (Fsp3) is 0.333. The predicted molar refractivity (Wildman–Crippen MR) is 95.1 cm³/mol. The topological polar surface area (TPSA) is 145 Å². The van der Waals surface area contributed by atoms with E-state index in [4.69, 9.17) is 11.6 Å². The third kappa shape index (κ3) is 6.22. The maximum Gasteiger partial charge on any atom is 0.397 e. The zero-order valence-corrected chi connectivity index (χ0v) is 16.2. The van der Waals surface area contributed by atoms with Crippen LogP contribution in [0.5, 0.6) is 0 Å². The van der Waals surface area contributed by atoms with Gasteiger partial charge in [-0.2, -0.15) is 0 Å². The number of amides is 2. The molecule has 0 bridgehead atoms. The number of anilines is 2. The van der Waals surface area contributed by atoms with Crippen LogP contribution >= 0.6 is 11.6 Å². The van der Waals surface area contributed by atoms with Gasteiger partial charge in [0.2, 0.25) is 0 Å². The van der Waals surface area contributed by atoms with Gasteiger partial charge >= 0.3 is 23.8 Å². The molecule has 0 heterocycles. The van der Waals surface area contributed by atoms with Gasteiger partial charge in [0.1, 0.15) is 0 Å². The van der Waals surface area contributed by atoms with E-state index in [2.05, 4.69) is 20.1 Å². The van der Waals surface area contributed by atoms with E-state index in [9.17, 15) is 27.6 Å². The molecule has 0 atom stereocenters. The lowest BCUT2D eigenvalue weighted by Crippen LogP contribution is -2.27. The van der Waals surface area contributed by atoms with Crippen molar-refractivity contribution in [3.63, 3.8) is 0 Å². The van der Waals surface area contributed by atoms with Crippen LogP contribution in [0.1, 0.15) is 13.8 Å². The molecule has 0 radical (unpaired) electrons. The molecular formula is C15H17ClN2O8S. The summed E-state index contributed by atoms with van der Waals surface area (Å²) in [5.74, 6) is -4.83. The minimum absolute atomic E-state index is 0.0514. The number of sulfone groups is 1. The molecule has 0 aliphatic rings. The van der Waals surface area contributed by atoms with Crippen LogP contribution < -0.4 is 10.6 Å². The summed E-state index contributed by atoms with van der Waals surface area (Å²) in [4.78, 5) is 46.1. The molecule has 2 amide bonds. The van der Waals surface area contributed by atoms with Gasteiger partial charge in [-0.05, 0) is 26.0 Å². The number of hydrogen-bond donors (Lipinski definition) is 2. The molecule has 0 spiro atoms. The number of hydrogen-bond acceptors (Lipinski definition) is 8. The first-order chi connectivity index (χ1) is 12.5. The van der Waals surface area contributed by atoms with E-state index in [-0.39, 0.29) is 34.5 Å². The Morgan fingerprint density at radius 3 is 1.59 bits per heavy atom. The maximum atomic E-state index is 11.8. The number of ether oxygens (including phenoxy) is 2. The summed E-state index contributed by atoms with van der Waals surface area (Å²) < 4.78 is 32.7. The molecule has 0 saturated carbocycles. The highest BCUT2D eigenvalue weighted by Crippen LogP contribution is 2.34. The number of carbonyl (C=O) groups excluding carboxylic acids is 4. The Kier molecular flexibility index (Phi) is 7.73. The quantitative estimate of drug-likeness (QED) is 0.524. The molecule has 1 aromatic rings. The molecule has 10 nitrogen and oxygen atoms in total. The van der Waals surface area contributed by atoms with Crippen LogP contribution in [0, 0.1) is 0 Å². The van der Waals surface area contributed by atoms with Gasteiger partial charge in [-0.15, -0.1) is 0 Å². The van der Waals surface area contributed by atoms with Gasteiger partial charge < -0.3 is 20.1 Å². The van der Waals surface area contributed by atoms with E-state index in [1.54, 1.807) is 0 Å². The Bertz CT molecular complexity index is 829. The summed E-state index contributed by atoms with van der Waals surface area (Å²) >= 11 is 6.05. The number of nitrogens with one attached hydrogen (secondary N) is 2. The fourth-order valence-corrected chi connectivity index (χ4v) is 2.60. The molecule has 0 fully saturated rings. The first kappa shape index (κ1) is 22.4. The van der Waals surface area contributed by atoms with Crippen molar-refractivity contribution >= 4 is 56.6 Å². The van der Waals surface area contributed by atoms with E-state index in [1.807, 2.05) is 0 Å². The number of rotatable bonds is 5. The molecule has 0 unspecified atom stereocenters. The number of carbonyl (C=O) groups is 4. The molecule has 0 aliphatic carbocycles. The van der Waals surface area contributed by atoms with Gasteiger partial charge in [0, 0.05) is 6.26 Å². The first-order valence-electron chi connectivity index (χ1n) is 7.51. The molecule has 0 aromatic heterocycles. The van der Waals surface area contributed by atoms with Crippen molar-refractivity contribution in [2.75, 3.05) is 30.1 Å². The second-order valence-electron chi connectivity index (χ2n) is 4.95. The fourth-order valence-electron chi connectivity index (χ4n) is 1.73. The lowest BCUT2D eigenvalue weighted by atomic mass is 10.2. The summed E-state index contributed by atoms with van der Waals surface area (Å²) in [6, 6.07) is 1.99. The molecule has 2 N–H and O–H groups in total. The SMILES string of the molecule is CCOC(=O)C(=O)Nc1cc(S(C)(=O)=O)cc(NC(=O)C(=O)OCC)c1Cl.